The highest BCUT2D eigenvalue weighted by Gasteiger charge is 2.74. The SMILES string of the molecule is C=C(F)OC(F)(F)CC(F)(F)F.C=C(F)OC(F)(F)CF.FCC(F)(F)C(F)(F)C(F)(F)OC(F)=C(F)F.FCC(F)(F)OC(F)(F)C(F)=C(F)F.FCC(F)(F)OF.O=S(=O)(F)F.O=S(=O)(F)F.O=S(=O)(F)F.O=S(=O)(F)F. The Morgan fingerprint density at radius 2 is 0.658 bits per heavy atom. The lowest BCUT2D eigenvalue weighted by molar-refractivity contribution is -0.394. The maximum atomic E-state index is 12.3. The monoisotopic (exact) mass is 1370 g/mol. The van der Waals surface area contributed by atoms with Gasteiger partial charge in [-0.2, -0.15) is 152 Å². The topological polar surface area (TPSA) is 183 Å². The first-order valence-corrected chi connectivity index (χ1v) is 19.9. The van der Waals surface area contributed by atoms with Crippen molar-refractivity contribution in [1.82, 2.24) is 0 Å². The highest BCUT2D eigenvalue weighted by Crippen LogP contribution is 2.48. The molecule has 484 valence electrons. The Morgan fingerprint density at radius 1 is 0.392 bits per heavy atom. The summed E-state index contributed by atoms with van der Waals surface area (Å²) in [4.78, 5) is 1.88. The van der Waals surface area contributed by atoms with Gasteiger partial charge in [-0.1, -0.05) is 31.1 Å². The molecule has 0 aliphatic heterocycles. The Balaban J connectivity index is -0.000000104. The molecule has 0 saturated heterocycles. The summed E-state index contributed by atoms with van der Waals surface area (Å²) in [7, 11) is -22.7. The molecule has 0 bridgehead atoms. The molecular formula is C22H14F40O13S4. The fraction of sp³-hybridized carbons (Fsp3) is 0.636. The molecule has 57 heteroatoms. The van der Waals surface area contributed by atoms with Crippen LogP contribution in [-0.2, 0) is 66.3 Å². The van der Waals surface area contributed by atoms with E-state index in [-0.39, 0.29) is 0 Å². The van der Waals surface area contributed by atoms with Crippen molar-refractivity contribution < 1.29 is 229 Å². The molecular weight excluding hydrogens is 1360 g/mol. The minimum atomic E-state index is -6.51. The van der Waals surface area contributed by atoms with Crippen LogP contribution in [0.5, 0.6) is 0 Å². The molecule has 0 atom stereocenters. The zero-order valence-electron chi connectivity index (χ0n) is 34.5. The van der Waals surface area contributed by atoms with Crippen molar-refractivity contribution >= 4 is 42.4 Å². The maximum absolute atomic E-state index is 12.3. The lowest BCUT2D eigenvalue weighted by atomic mass is 10.2. The molecule has 13 nitrogen and oxygen atoms in total. The second-order valence-electron chi connectivity index (χ2n) is 10.0. The van der Waals surface area contributed by atoms with E-state index in [1.807, 2.05) is 4.94 Å². The minimum Gasteiger partial charge on any atom is -0.406 e. The fourth-order valence-corrected chi connectivity index (χ4v) is 1.52. The van der Waals surface area contributed by atoms with Crippen molar-refractivity contribution in [3.05, 3.63) is 49.2 Å². The molecule has 0 unspecified atom stereocenters. The molecule has 0 aliphatic carbocycles. The first-order chi connectivity index (χ1) is 33.7. The molecule has 0 aromatic heterocycles. The average Bonchev–Trinajstić information content (AvgIpc) is 3.13. The Kier molecular flexibility index (Phi) is 44.2. The van der Waals surface area contributed by atoms with Gasteiger partial charge >= 0.3 is 115 Å². The third-order valence-corrected chi connectivity index (χ3v) is 3.56. The maximum Gasteiger partial charge on any atom is 0.476 e. The average molecular weight is 1370 g/mol. The van der Waals surface area contributed by atoms with Crippen LogP contribution in [0.1, 0.15) is 6.42 Å². The number of halogens is 40. The zero-order chi connectivity index (χ0) is 67.0. The van der Waals surface area contributed by atoms with E-state index in [4.69, 9.17) is 33.7 Å². The third kappa shape index (κ3) is 77.6. The molecule has 0 saturated carbocycles. The standard InChI is InChI=1S/C6H2F10O.C5H2F8O.C5H4F6O.C4H4F4O.C2H2F4O.4F2O2S/c7-1-4(11,12)5(13,14)6(15,16)17-3(10)2(8)9;6-1-4(10,11)14-5(12,13)2(7)3(8)9;1-3(6)12-5(10,11)2-4(7,8)9;1-3(6)9-4(7,8)2-5;3-1-2(4,5)7-6;4*1-5(2,3)4/h1H2;1H2;1-2H2;1-2H2;1H2;;;;. The van der Waals surface area contributed by atoms with Crippen LogP contribution in [0.4, 0.5) is 172 Å². The van der Waals surface area contributed by atoms with Crippen LogP contribution in [0.3, 0.4) is 0 Å². The number of ether oxygens (including phenoxy) is 4. The van der Waals surface area contributed by atoms with Gasteiger partial charge in [-0.05, 0) is 17.7 Å². The molecule has 0 aromatic rings. The smallest absolute Gasteiger partial charge is 0.406 e. The molecule has 0 spiro atoms. The quantitative estimate of drug-likeness (QED) is 0.0762. The highest BCUT2D eigenvalue weighted by molar-refractivity contribution is 7.81. The Labute approximate surface area is 409 Å². The Bertz CT molecular complexity index is 2100. The van der Waals surface area contributed by atoms with E-state index in [1.165, 1.54) is 0 Å². The van der Waals surface area contributed by atoms with Crippen LogP contribution < -0.4 is 0 Å². The van der Waals surface area contributed by atoms with Crippen LogP contribution in [0.2, 0.25) is 0 Å². The van der Waals surface area contributed by atoms with Gasteiger partial charge in [-0.25, -0.2) is 22.3 Å². The summed E-state index contributed by atoms with van der Waals surface area (Å²) >= 11 is 0. The van der Waals surface area contributed by atoms with Crippen LogP contribution in [0, 0.1) is 0 Å². The van der Waals surface area contributed by atoms with Crippen LogP contribution in [0.25, 0.3) is 0 Å². The van der Waals surface area contributed by atoms with Gasteiger partial charge in [0.25, 0.3) is 17.9 Å². The molecule has 0 fully saturated rings. The van der Waals surface area contributed by atoms with E-state index in [1.54, 1.807) is 0 Å². The van der Waals surface area contributed by atoms with E-state index >= 15 is 0 Å². The summed E-state index contributed by atoms with van der Waals surface area (Å²) in [6, 6.07) is -7.12. The Morgan fingerprint density at radius 3 is 0.823 bits per heavy atom. The zero-order valence-corrected chi connectivity index (χ0v) is 37.8. The summed E-state index contributed by atoms with van der Waals surface area (Å²) in [5.41, 5.74) is 0. The van der Waals surface area contributed by atoms with E-state index in [0.29, 0.717) is 0 Å². The van der Waals surface area contributed by atoms with Gasteiger partial charge < -0.3 is 14.2 Å². The molecule has 0 amide bonds. The van der Waals surface area contributed by atoms with E-state index < -0.39 is 166 Å². The predicted octanol–water partition coefficient (Wildman–Crippen LogP) is 14.2. The Hall–Kier alpha value is -4.72. The summed E-state index contributed by atoms with van der Waals surface area (Å²) in [5, 5.41) is 0. The van der Waals surface area contributed by atoms with Crippen LogP contribution in [0.15, 0.2) is 49.2 Å². The van der Waals surface area contributed by atoms with Crippen molar-refractivity contribution in [3.63, 3.8) is 0 Å². The van der Waals surface area contributed by atoms with Gasteiger partial charge in [-0.3, -0.25) is 0 Å². The van der Waals surface area contributed by atoms with Gasteiger partial charge in [0, 0.05) is 0 Å². The van der Waals surface area contributed by atoms with Crippen molar-refractivity contribution in [2.75, 3.05) is 26.7 Å². The van der Waals surface area contributed by atoms with Crippen molar-refractivity contribution in [1.29, 1.82) is 0 Å². The van der Waals surface area contributed by atoms with Gasteiger partial charge in [0.2, 0.25) is 0 Å². The summed E-state index contributed by atoms with van der Waals surface area (Å²) in [6.45, 7) is -5.52. The third-order valence-electron chi connectivity index (χ3n) is 3.56. The summed E-state index contributed by atoms with van der Waals surface area (Å²) in [6.07, 6.45) is -44.6. The van der Waals surface area contributed by atoms with Crippen molar-refractivity contribution in [2.45, 2.75) is 61.1 Å². The molecule has 0 N–H and O–H groups in total. The lowest BCUT2D eigenvalue weighted by Gasteiger charge is -2.29. The molecule has 0 heterocycles. The predicted molar refractivity (Wildman–Crippen MR) is 166 cm³/mol. The number of alkyl halides is 23. The largest absolute Gasteiger partial charge is 0.476 e. The highest BCUT2D eigenvalue weighted by atomic mass is 32.3. The minimum absolute atomic E-state index is 1.70. The summed E-state index contributed by atoms with van der Waals surface area (Å²) < 4.78 is 526. The van der Waals surface area contributed by atoms with Crippen molar-refractivity contribution in [3.8, 4) is 0 Å². The van der Waals surface area contributed by atoms with Crippen LogP contribution in [-0.4, -0.2) is 115 Å². The molecule has 0 rings (SSSR count). The van der Waals surface area contributed by atoms with E-state index in [0.717, 1.165) is 0 Å². The van der Waals surface area contributed by atoms with Gasteiger partial charge in [0.1, 0.15) is 6.42 Å². The second kappa shape index (κ2) is 37.3. The normalized spacial score (nSPS) is 12.4. The van der Waals surface area contributed by atoms with Gasteiger partial charge in [0.15, 0.2) is 26.7 Å². The number of hydrogen-bond donors (Lipinski definition) is 0. The molecule has 0 aromatic carbocycles. The van der Waals surface area contributed by atoms with E-state index in [2.05, 4.69) is 32.1 Å². The number of hydrogen-bond acceptors (Lipinski definition) is 13. The second-order valence-corrected chi connectivity index (χ2v) is 13.0. The van der Waals surface area contributed by atoms with Crippen LogP contribution >= 0.6 is 0 Å². The fourth-order valence-electron chi connectivity index (χ4n) is 1.52. The van der Waals surface area contributed by atoms with E-state index in [9.17, 15) is 172 Å². The number of rotatable bonds is 17. The molecule has 79 heavy (non-hydrogen) atoms. The first-order valence-electron chi connectivity index (χ1n) is 14.8. The van der Waals surface area contributed by atoms with Gasteiger partial charge in [-0.15, -0.1) is 4.94 Å². The lowest BCUT2D eigenvalue weighted by Crippen LogP contribution is -2.56. The van der Waals surface area contributed by atoms with Crippen molar-refractivity contribution in [2.24, 2.45) is 0 Å². The molecule has 0 aliphatic rings. The first kappa shape index (κ1) is 93.6. The molecule has 0 radical (unpaired) electrons. The summed E-state index contributed by atoms with van der Waals surface area (Å²) in [5.74, 6) is -15.9. The van der Waals surface area contributed by atoms with Gasteiger partial charge in [0.05, 0.1) is 0 Å².